The van der Waals surface area contributed by atoms with Crippen molar-refractivity contribution in [2.75, 3.05) is 6.61 Å². The van der Waals surface area contributed by atoms with E-state index < -0.39 is 5.97 Å². The van der Waals surface area contributed by atoms with Crippen LogP contribution in [0.3, 0.4) is 0 Å². The second-order valence-corrected chi connectivity index (χ2v) is 8.32. The number of nitrogens with two attached hydrogens (primary N) is 1. The fourth-order valence-corrected chi connectivity index (χ4v) is 3.83. The van der Waals surface area contributed by atoms with E-state index in [2.05, 4.69) is 26.0 Å². The lowest BCUT2D eigenvalue weighted by atomic mass is 9.84. The van der Waals surface area contributed by atoms with Crippen molar-refractivity contribution in [3.63, 3.8) is 0 Å². The third kappa shape index (κ3) is 5.39. The fourth-order valence-electron chi connectivity index (χ4n) is 3.83. The summed E-state index contributed by atoms with van der Waals surface area (Å²) in [5.74, 6) is 1.68. The van der Waals surface area contributed by atoms with Crippen LogP contribution in [0, 0.1) is 12.8 Å². The molecule has 0 aromatic heterocycles. The van der Waals surface area contributed by atoms with Gasteiger partial charge in [0.2, 0.25) is 0 Å². The Balaban J connectivity index is 1.62. The van der Waals surface area contributed by atoms with E-state index in [1.54, 1.807) is 6.07 Å². The Bertz CT molecular complexity index is 993. The molecule has 0 heterocycles. The maximum atomic E-state index is 12.3. The molecule has 2 unspecified atom stereocenters. The summed E-state index contributed by atoms with van der Waals surface area (Å²) < 4.78 is 11.2. The Morgan fingerprint density at radius 1 is 0.933 bits per heavy atom. The maximum Gasteiger partial charge on any atom is 0.349 e. The van der Waals surface area contributed by atoms with Crippen molar-refractivity contribution >= 4 is 16.7 Å². The van der Waals surface area contributed by atoms with Crippen molar-refractivity contribution in [1.29, 1.82) is 0 Å². The van der Waals surface area contributed by atoms with Crippen LogP contribution in [-0.4, -0.2) is 18.6 Å². The average molecular weight is 406 g/mol. The van der Waals surface area contributed by atoms with Crippen LogP contribution in [0.15, 0.2) is 60.7 Å². The summed E-state index contributed by atoms with van der Waals surface area (Å²) in [5.41, 5.74) is 8.39. The van der Waals surface area contributed by atoms with Crippen molar-refractivity contribution in [2.45, 2.75) is 46.1 Å². The van der Waals surface area contributed by atoms with Crippen molar-refractivity contribution in [1.82, 2.24) is 0 Å². The number of carbonyl (C=O) groups is 1. The first kappa shape index (κ1) is 21.8. The number of aryl methyl sites for hydroxylation is 1. The van der Waals surface area contributed by atoms with Gasteiger partial charge < -0.3 is 15.2 Å². The first-order valence-corrected chi connectivity index (χ1v) is 10.5. The lowest BCUT2D eigenvalue weighted by molar-refractivity contribution is -0.136. The molecular weight excluding hydrogens is 374 g/mol. The molecule has 4 heteroatoms. The fraction of sp³-hybridized carbons (Fsp3) is 0.346. The molecule has 0 fully saturated rings. The smallest absolute Gasteiger partial charge is 0.349 e. The molecule has 3 rings (SSSR count). The molecule has 3 aromatic carbocycles. The molecule has 0 aliphatic carbocycles. The molecule has 0 radical (unpaired) electrons. The number of hydrogen-bond donors (Lipinski definition) is 1. The zero-order valence-electron chi connectivity index (χ0n) is 18.2. The van der Waals surface area contributed by atoms with Gasteiger partial charge in [0.1, 0.15) is 11.5 Å². The highest BCUT2D eigenvalue weighted by molar-refractivity contribution is 5.92. The second kappa shape index (κ2) is 9.77. The van der Waals surface area contributed by atoms with E-state index in [-0.39, 0.29) is 12.6 Å². The number of ether oxygens (including phenoxy) is 2. The number of fused-ring (bicyclic) bond motifs is 1. The molecule has 3 aromatic rings. The minimum Gasteiger partial charge on any atom is -0.482 e. The van der Waals surface area contributed by atoms with E-state index in [1.165, 1.54) is 5.56 Å². The van der Waals surface area contributed by atoms with Gasteiger partial charge in [-0.15, -0.1) is 0 Å². The molecular formula is C26H31NO3. The summed E-state index contributed by atoms with van der Waals surface area (Å²) in [5, 5.41) is 2.00. The first-order valence-electron chi connectivity index (χ1n) is 10.5. The van der Waals surface area contributed by atoms with Crippen molar-refractivity contribution < 1.29 is 14.3 Å². The molecule has 0 aliphatic heterocycles. The third-order valence-corrected chi connectivity index (χ3v) is 5.42. The molecule has 0 bridgehead atoms. The summed E-state index contributed by atoms with van der Waals surface area (Å²) in [6, 6.07) is 19.8. The molecule has 158 valence electrons. The Hall–Kier alpha value is -2.85. The predicted octanol–water partition coefficient (Wildman–Crippen LogP) is 5.61. The number of carbonyl (C=O) groups excluding carboxylic acids is 1. The van der Waals surface area contributed by atoms with E-state index in [0.29, 0.717) is 23.3 Å². The van der Waals surface area contributed by atoms with Crippen LogP contribution in [0.4, 0.5) is 0 Å². The van der Waals surface area contributed by atoms with Gasteiger partial charge in [-0.05, 0) is 66.8 Å². The van der Waals surface area contributed by atoms with Gasteiger partial charge in [-0.2, -0.15) is 0 Å². The highest BCUT2D eigenvalue weighted by Crippen LogP contribution is 2.30. The van der Waals surface area contributed by atoms with Crippen LogP contribution in [0.5, 0.6) is 11.5 Å². The summed E-state index contributed by atoms with van der Waals surface area (Å²) in [6.07, 6.45) is 0.939. The number of esters is 1. The zero-order chi connectivity index (χ0) is 21.7. The van der Waals surface area contributed by atoms with Crippen LogP contribution < -0.4 is 15.2 Å². The van der Waals surface area contributed by atoms with Crippen LogP contribution in [0.1, 0.15) is 44.2 Å². The van der Waals surface area contributed by atoms with E-state index in [4.69, 9.17) is 15.2 Å². The predicted molar refractivity (Wildman–Crippen MR) is 122 cm³/mol. The van der Waals surface area contributed by atoms with Gasteiger partial charge in [-0.3, -0.25) is 0 Å². The van der Waals surface area contributed by atoms with Crippen LogP contribution >= 0.6 is 0 Å². The van der Waals surface area contributed by atoms with Gasteiger partial charge in [-0.1, -0.05) is 56.3 Å². The number of benzene rings is 3. The molecule has 0 saturated heterocycles. The zero-order valence-corrected chi connectivity index (χ0v) is 18.2. The highest BCUT2D eigenvalue weighted by atomic mass is 16.6. The molecule has 0 saturated carbocycles. The van der Waals surface area contributed by atoms with Crippen molar-refractivity contribution in [3.05, 3.63) is 71.8 Å². The Kier molecular flexibility index (Phi) is 7.11. The van der Waals surface area contributed by atoms with Gasteiger partial charge in [0.05, 0.1) is 0 Å². The summed E-state index contributed by atoms with van der Waals surface area (Å²) in [7, 11) is 0. The highest BCUT2D eigenvalue weighted by Gasteiger charge is 2.17. The van der Waals surface area contributed by atoms with Gasteiger partial charge in [0.25, 0.3) is 0 Å². The molecule has 0 aliphatic rings. The number of hydrogen-bond acceptors (Lipinski definition) is 4. The summed E-state index contributed by atoms with van der Waals surface area (Å²) in [4.78, 5) is 12.3. The largest absolute Gasteiger partial charge is 0.482 e. The maximum absolute atomic E-state index is 12.3. The summed E-state index contributed by atoms with van der Waals surface area (Å²) >= 11 is 0. The number of rotatable bonds is 8. The molecule has 0 spiro atoms. The van der Waals surface area contributed by atoms with E-state index >= 15 is 0 Å². The van der Waals surface area contributed by atoms with E-state index in [0.717, 1.165) is 22.8 Å². The molecule has 0 amide bonds. The SMILES string of the molecule is Cc1cccc2c(OC(=O)COc3ccc(C(CC(C)N)C(C)C)cc3)cccc12. The normalized spacial score (nSPS) is 13.3. The van der Waals surface area contributed by atoms with Gasteiger partial charge in [0.15, 0.2) is 6.61 Å². The Labute approximate surface area is 179 Å². The van der Waals surface area contributed by atoms with Gasteiger partial charge >= 0.3 is 5.97 Å². The lowest BCUT2D eigenvalue weighted by Gasteiger charge is -2.23. The molecule has 30 heavy (non-hydrogen) atoms. The second-order valence-electron chi connectivity index (χ2n) is 8.32. The van der Waals surface area contributed by atoms with Crippen LogP contribution in [-0.2, 0) is 4.79 Å². The van der Waals surface area contributed by atoms with E-state index in [9.17, 15) is 4.79 Å². The van der Waals surface area contributed by atoms with E-state index in [1.807, 2.05) is 56.3 Å². The average Bonchev–Trinajstić information content (AvgIpc) is 2.71. The Morgan fingerprint density at radius 3 is 2.27 bits per heavy atom. The quantitative estimate of drug-likeness (QED) is 0.391. The standard InChI is InChI=1S/C26H31NO3/c1-17(2)24(15-19(4)27)20-11-13-21(14-12-20)29-16-26(28)30-25-10-6-8-22-18(3)7-5-9-23(22)25/h5-14,17,19,24H,15-16,27H2,1-4H3. The first-order chi connectivity index (χ1) is 14.3. The summed E-state index contributed by atoms with van der Waals surface area (Å²) in [6.45, 7) is 8.36. The lowest BCUT2D eigenvalue weighted by Crippen LogP contribution is -2.21. The monoisotopic (exact) mass is 405 g/mol. The topological polar surface area (TPSA) is 61.5 Å². The molecule has 2 N–H and O–H groups in total. The minimum atomic E-state index is -0.426. The van der Waals surface area contributed by atoms with Crippen molar-refractivity contribution in [3.8, 4) is 11.5 Å². The third-order valence-electron chi connectivity index (χ3n) is 5.42. The Morgan fingerprint density at radius 2 is 1.60 bits per heavy atom. The van der Waals surface area contributed by atoms with Gasteiger partial charge in [-0.25, -0.2) is 4.79 Å². The van der Waals surface area contributed by atoms with Gasteiger partial charge in [0, 0.05) is 11.4 Å². The van der Waals surface area contributed by atoms with Crippen molar-refractivity contribution in [2.24, 2.45) is 11.7 Å². The van der Waals surface area contributed by atoms with Crippen LogP contribution in [0.2, 0.25) is 0 Å². The molecule has 2 atom stereocenters. The molecule has 4 nitrogen and oxygen atoms in total. The van der Waals surface area contributed by atoms with Crippen LogP contribution in [0.25, 0.3) is 10.8 Å². The minimum absolute atomic E-state index is 0.144.